The van der Waals surface area contributed by atoms with Crippen LogP contribution >= 0.6 is 0 Å². The van der Waals surface area contributed by atoms with Crippen LogP contribution in [0.4, 0.5) is 0 Å². The summed E-state index contributed by atoms with van der Waals surface area (Å²) >= 11 is 0. The molecule has 12 nitrogen and oxygen atoms in total. The molecule has 6 unspecified atom stereocenters. The summed E-state index contributed by atoms with van der Waals surface area (Å²) in [6.45, 7) is 5.86. The third-order valence-corrected chi connectivity index (χ3v) is 13.9. The molecule has 0 aromatic heterocycles. The maximum absolute atomic E-state index is 13.2. The van der Waals surface area contributed by atoms with Gasteiger partial charge in [0.1, 0.15) is 18.8 Å². The highest BCUT2D eigenvalue weighted by Crippen LogP contribution is 2.26. The lowest BCUT2D eigenvalue weighted by Crippen LogP contribution is -2.61. The van der Waals surface area contributed by atoms with Gasteiger partial charge in [0.15, 0.2) is 24.6 Å². The van der Waals surface area contributed by atoms with Crippen molar-refractivity contribution in [2.45, 2.75) is 302 Å². The van der Waals surface area contributed by atoms with Gasteiger partial charge in [-0.2, -0.15) is 0 Å². The first-order valence-corrected chi connectivity index (χ1v) is 31.6. The number of allylic oxidation sites excluding steroid dienone is 14. The Balaban J connectivity index is 2.67. The number of hydrogen-bond acceptors (Lipinski definition) is 11. The van der Waals surface area contributed by atoms with Gasteiger partial charge in [0.25, 0.3) is 0 Å². The summed E-state index contributed by atoms with van der Waals surface area (Å²) in [6.07, 6.45) is 58.2. The van der Waals surface area contributed by atoms with Crippen LogP contribution in [-0.2, 0) is 42.9 Å². The molecule has 1 aliphatic heterocycles. The molecule has 79 heavy (non-hydrogen) atoms. The zero-order chi connectivity index (χ0) is 57.5. The topological polar surface area (TPSA) is 175 Å². The van der Waals surface area contributed by atoms with Crippen molar-refractivity contribution < 1.29 is 58.2 Å². The van der Waals surface area contributed by atoms with E-state index in [9.17, 15) is 34.5 Å². The molecule has 1 saturated heterocycles. The van der Waals surface area contributed by atoms with Gasteiger partial charge in [-0.25, -0.2) is 4.79 Å². The molecule has 0 spiro atoms. The number of carboxylic acid groups (broad SMARTS) is 1. The fraction of sp³-hybridized carbons (Fsp3) is 0.731. The van der Waals surface area contributed by atoms with E-state index in [-0.39, 0.29) is 25.9 Å². The number of carboxylic acids is 1. The third kappa shape index (κ3) is 44.3. The van der Waals surface area contributed by atoms with Crippen LogP contribution in [0.1, 0.15) is 265 Å². The molecule has 3 N–H and O–H groups in total. The van der Waals surface area contributed by atoms with Gasteiger partial charge in [-0.05, 0) is 116 Å². The van der Waals surface area contributed by atoms with Gasteiger partial charge < -0.3 is 39.0 Å². The average Bonchev–Trinajstić information content (AvgIpc) is 3.44. The second kappa shape index (κ2) is 54.5. The number of rotatable bonds is 53. The van der Waals surface area contributed by atoms with Gasteiger partial charge >= 0.3 is 23.9 Å². The number of carbonyl (C=O) groups is 4. The lowest BCUT2D eigenvalue weighted by atomic mass is 9.98. The van der Waals surface area contributed by atoms with Crippen molar-refractivity contribution in [2.75, 3.05) is 13.2 Å². The van der Waals surface area contributed by atoms with Gasteiger partial charge in [0, 0.05) is 19.3 Å². The molecule has 0 radical (unpaired) electrons. The Labute approximate surface area is 480 Å². The summed E-state index contributed by atoms with van der Waals surface area (Å²) < 4.78 is 28.5. The van der Waals surface area contributed by atoms with Crippen LogP contribution in [0.15, 0.2) is 85.1 Å². The van der Waals surface area contributed by atoms with Gasteiger partial charge in [0.05, 0.1) is 6.61 Å². The van der Waals surface area contributed by atoms with Crippen LogP contribution in [0.25, 0.3) is 0 Å². The third-order valence-electron chi connectivity index (χ3n) is 13.9. The van der Waals surface area contributed by atoms with E-state index in [1.807, 2.05) is 0 Å². The SMILES string of the molecule is CCC/C=C\C/C=C\CCCCCCCC(=O)OC(COC(=O)CCCCCCCC/C=C\C/C=C\C/C=C\CCCCC)COC1OC(C(=O)O)C(O)C(O)C1OC(=O)CCCCCCCCC/C=C\C/C=C\CCCCC. The van der Waals surface area contributed by atoms with Crippen LogP contribution in [0, 0.1) is 0 Å². The molecule has 12 heteroatoms. The van der Waals surface area contributed by atoms with Crippen molar-refractivity contribution in [3.8, 4) is 0 Å². The first-order chi connectivity index (χ1) is 38.6. The van der Waals surface area contributed by atoms with Crippen molar-refractivity contribution >= 4 is 23.9 Å². The van der Waals surface area contributed by atoms with Gasteiger partial charge in [-0.3, -0.25) is 14.4 Å². The van der Waals surface area contributed by atoms with Crippen molar-refractivity contribution in [2.24, 2.45) is 0 Å². The second-order valence-corrected chi connectivity index (χ2v) is 21.3. The van der Waals surface area contributed by atoms with E-state index in [1.54, 1.807) is 0 Å². The van der Waals surface area contributed by atoms with Crippen molar-refractivity contribution in [3.05, 3.63) is 85.1 Å². The molecule has 0 bridgehead atoms. The molecule has 0 amide bonds. The molecule has 1 fully saturated rings. The fourth-order valence-corrected chi connectivity index (χ4v) is 9.03. The molecule has 0 aromatic rings. The first kappa shape index (κ1) is 72.9. The molecule has 452 valence electrons. The highest BCUT2D eigenvalue weighted by molar-refractivity contribution is 5.74. The van der Waals surface area contributed by atoms with Crippen LogP contribution < -0.4 is 0 Å². The van der Waals surface area contributed by atoms with Crippen LogP contribution in [-0.4, -0.2) is 89.2 Å². The second-order valence-electron chi connectivity index (χ2n) is 21.3. The van der Waals surface area contributed by atoms with Crippen LogP contribution in [0.5, 0.6) is 0 Å². The molecule has 1 aliphatic rings. The van der Waals surface area contributed by atoms with E-state index < -0.39 is 67.3 Å². The molecule has 0 aromatic carbocycles. The van der Waals surface area contributed by atoms with Gasteiger partial charge in [0.2, 0.25) is 0 Å². The minimum Gasteiger partial charge on any atom is -0.479 e. The molecular formula is C67H112O12. The molecular weight excluding hydrogens is 997 g/mol. The summed E-state index contributed by atoms with van der Waals surface area (Å²) in [5.41, 5.74) is 0. The monoisotopic (exact) mass is 1110 g/mol. The standard InChI is InChI=1S/C67H112O12/c1-4-7-10-13-16-19-22-25-27-29-30-32-33-36-38-41-44-47-50-53-59(68)75-56-58(77-60(69)54-51-48-45-42-39-35-24-21-18-15-12-9-6-3)57-76-67-65(63(72)62(71)64(79-67)66(73)74)78-61(70)55-52-49-46-43-40-37-34-31-28-26-23-20-17-14-11-8-5-2/h12,15-17,19-21,24-28,30,32,58,62-65,67,71-72H,4-11,13-14,18,22-23,29,31,33-57H2,1-3H3,(H,73,74)/b15-12-,19-16-,20-17-,24-21-,27-25-,28-26-,32-30-. The summed E-state index contributed by atoms with van der Waals surface area (Å²) in [6, 6.07) is 0. The zero-order valence-electron chi connectivity index (χ0n) is 49.8. The largest absolute Gasteiger partial charge is 0.479 e. The average molecular weight is 1110 g/mol. The van der Waals surface area contributed by atoms with E-state index in [1.165, 1.54) is 44.9 Å². The number of esters is 3. The summed E-state index contributed by atoms with van der Waals surface area (Å²) in [4.78, 5) is 51.2. The number of aliphatic carboxylic acids is 1. The smallest absolute Gasteiger partial charge is 0.335 e. The number of carbonyl (C=O) groups excluding carboxylic acids is 3. The normalized spacial score (nSPS) is 18.4. The molecule has 0 saturated carbocycles. The first-order valence-electron chi connectivity index (χ1n) is 31.6. The summed E-state index contributed by atoms with van der Waals surface area (Å²) in [5, 5.41) is 31.5. The van der Waals surface area contributed by atoms with E-state index in [0.717, 1.165) is 161 Å². The lowest BCUT2D eigenvalue weighted by Gasteiger charge is -2.40. The maximum Gasteiger partial charge on any atom is 0.335 e. The molecule has 1 heterocycles. The minimum atomic E-state index is -1.91. The molecule has 0 aliphatic carbocycles. The van der Waals surface area contributed by atoms with Gasteiger partial charge in [-0.15, -0.1) is 0 Å². The minimum absolute atomic E-state index is 0.0460. The van der Waals surface area contributed by atoms with E-state index in [4.69, 9.17) is 23.7 Å². The fourth-order valence-electron chi connectivity index (χ4n) is 9.03. The van der Waals surface area contributed by atoms with Crippen molar-refractivity contribution in [3.63, 3.8) is 0 Å². The molecule has 1 rings (SSSR count). The van der Waals surface area contributed by atoms with Crippen molar-refractivity contribution in [1.29, 1.82) is 0 Å². The number of hydrogen-bond donors (Lipinski definition) is 3. The Morgan fingerprint density at radius 1 is 0.418 bits per heavy atom. The quantitative estimate of drug-likeness (QED) is 0.0228. The van der Waals surface area contributed by atoms with E-state index in [0.29, 0.717) is 19.3 Å². The number of aliphatic hydroxyl groups is 2. The Kier molecular flexibility index (Phi) is 50.3. The highest BCUT2D eigenvalue weighted by atomic mass is 16.7. The zero-order valence-corrected chi connectivity index (χ0v) is 49.8. The number of ether oxygens (including phenoxy) is 5. The maximum atomic E-state index is 13.2. The van der Waals surface area contributed by atoms with E-state index >= 15 is 0 Å². The predicted molar refractivity (Wildman–Crippen MR) is 321 cm³/mol. The predicted octanol–water partition coefficient (Wildman–Crippen LogP) is 16.7. The summed E-state index contributed by atoms with van der Waals surface area (Å²) in [7, 11) is 0. The molecule has 6 atom stereocenters. The summed E-state index contributed by atoms with van der Waals surface area (Å²) in [5.74, 6) is -3.16. The lowest BCUT2D eigenvalue weighted by molar-refractivity contribution is -0.301. The number of aliphatic hydroxyl groups excluding tert-OH is 2. The van der Waals surface area contributed by atoms with Crippen LogP contribution in [0.2, 0.25) is 0 Å². The highest BCUT2D eigenvalue weighted by Gasteiger charge is 2.50. The van der Waals surface area contributed by atoms with E-state index in [2.05, 4.69) is 106 Å². The number of unbranched alkanes of at least 4 members (excludes halogenated alkanes) is 25. The van der Waals surface area contributed by atoms with Gasteiger partial charge in [-0.1, -0.05) is 215 Å². The van der Waals surface area contributed by atoms with Crippen molar-refractivity contribution in [1.82, 2.24) is 0 Å². The van der Waals surface area contributed by atoms with Crippen LogP contribution in [0.3, 0.4) is 0 Å². The Hall–Kier alpha value is -4.10. The Bertz CT molecular complexity index is 1700. The Morgan fingerprint density at radius 2 is 0.785 bits per heavy atom. The Morgan fingerprint density at radius 3 is 1.20 bits per heavy atom.